The van der Waals surface area contributed by atoms with Gasteiger partial charge in [0.05, 0.1) is 6.10 Å². The molecular formula is C17H23NO2. The van der Waals surface area contributed by atoms with Crippen LogP contribution in [0.4, 0.5) is 5.69 Å². The number of aryl methyl sites for hydroxylation is 1. The second-order valence-corrected chi connectivity index (χ2v) is 7.33. The van der Waals surface area contributed by atoms with E-state index in [0.29, 0.717) is 6.42 Å². The van der Waals surface area contributed by atoms with Crippen molar-refractivity contribution >= 4 is 11.6 Å². The Balaban J connectivity index is 1.87. The molecule has 0 radical (unpaired) electrons. The number of carbonyl (C=O) groups is 1. The van der Waals surface area contributed by atoms with Crippen LogP contribution in [-0.4, -0.2) is 11.0 Å². The standard InChI is InChI=1S/C17H23NO2/c1-16(2)15(17(16,3)4)14(20)11-5-7-12-10(9-11)6-8-13(19)18-12/h5,7,9,14-15,20H,6,8H2,1-4H3,(H,18,19). The Morgan fingerprint density at radius 2 is 1.85 bits per heavy atom. The highest BCUT2D eigenvalue weighted by atomic mass is 16.3. The summed E-state index contributed by atoms with van der Waals surface area (Å²) < 4.78 is 0. The largest absolute Gasteiger partial charge is 0.388 e. The number of rotatable bonds is 2. The molecule has 0 spiro atoms. The smallest absolute Gasteiger partial charge is 0.224 e. The zero-order valence-electron chi connectivity index (χ0n) is 12.7. The van der Waals surface area contributed by atoms with Crippen LogP contribution in [0.3, 0.4) is 0 Å². The Morgan fingerprint density at radius 1 is 1.20 bits per heavy atom. The zero-order chi connectivity index (χ0) is 14.7. The molecule has 1 atom stereocenters. The Kier molecular flexibility index (Phi) is 2.78. The van der Waals surface area contributed by atoms with Crippen LogP contribution in [-0.2, 0) is 11.2 Å². The van der Waals surface area contributed by atoms with Gasteiger partial charge >= 0.3 is 0 Å². The van der Waals surface area contributed by atoms with Crippen molar-refractivity contribution in [2.24, 2.45) is 16.7 Å². The molecule has 1 amide bonds. The molecule has 0 aromatic heterocycles. The Hall–Kier alpha value is -1.35. The summed E-state index contributed by atoms with van der Waals surface area (Å²) in [7, 11) is 0. The first-order valence-corrected chi connectivity index (χ1v) is 7.36. The Bertz CT molecular complexity index is 560. The van der Waals surface area contributed by atoms with Crippen molar-refractivity contribution < 1.29 is 9.90 Å². The monoisotopic (exact) mass is 273 g/mol. The van der Waals surface area contributed by atoms with Gasteiger partial charge in [-0.3, -0.25) is 4.79 Å². The average molecular weight is 273 g/mol. The molecule has 1 saturated carbocycles. The maximum Gasteiger partial charge on any atom is 0.224 e. The molecule has 1 aliphatic carbocycles. The van der Waals surface area contributed by atoms with E-state index in [1.807, 2.05) is 12.1 Å². The lowest BCUT2D eigenvalue weighted by atomic mass is 9.94. The SMILES string of the molecule is CC1(C)C(C(O)c2ccc3c(c2)CCC(=O)N3)C1(C)C. The van der Waals surface area contributed by atoms with Gasteiger partial charge in [-0.2, -0.15) is 0 Å². The molecule has 0 bridgehead atoms. The minimum absolute atomic E-state index is 0.0789. The summed E-state index contributed by atoms with van der Waals surface area (Å²) in [6.07, 6.45) is 0.870. The van der Waals surface area contributed by atoms with Gasteiger partial charge in [0.1, 0.15) is 0 Å². The van der Waals surface area contributed by atoms with Crippen LogP contribution in [0.5, 0.6) is 0 Å². The molecule has 1 heterocycles. The molecule has 2 N–H and O–H groups in total. The molecule has 3 nitrogen and oxygen atoms in total. The van der Waals surface area contributed by atoms with Crippen LogP contribution in [0.2, 0.25) is 0 Å². The number of amides is 1. The van der Waals surface area contributed by atoms with Crippen LogP contribution in [0.15, 0.2) is 18.2 Å². The number of nitrogens with one attached hydrogen (secondary N) is 1. The fraction of sp³-hybridized carbons (Fsp3) is 0.588. The van der Waals surface area contributed by atoms with E-state index in [0.717, 1.165) is 23.2 Å². The van der Waals surface area contributed by atoms with Crippen molar-refractivity contribution in [1.82, 2.24) is 0 Å². The summed E-state index contributed by atoms with van der Waals surface area (Å²) >= 11 is 0. The van der Waals surface area contributed by atoms with Crippen LogP contribution in [0.25, 0.3) is 0 Å². The highest BCUT2D eigenvalue weighted by molar-refractivity contribution is 5.93. The van der Waals surface area contributed by atoms with Crippen LogP contribution in [0.1, 0.15) is 51.3 Å². The number of benzene rings is 1. The van der Waals surface area contributed by atoms with E-state index < -0.39 is 6.10 Å². The van der Waals surface area contributed by atoms with Crippen LogP contribution >= 0.6 is 0 Å². The number of aliphatic hydroxyl groups is 1. The van der Waals surface area contributed by atoms with Gasteiger partial charge in [-0.1, -0.05) is 39.8 Å². The second-order valence-electron chi connectivity index (χ2n) is 7.33. The number of hydrogen-bond acceptors (Lipinski definition) is 2. The molecule has 1 unspecified atom stereocenters. The predicted molar refractivity (Wildman–Crippen MR) is 79.4 cm³/mol. The number of anilines is 1. The summed E-state index contributed by atoms with van der Waals surface area (Å²) in [6.45, 7) is 8.89. The molecular weight excluding hydrogens is 250 g/mol. The van der Waals surface area contributed by atoms with Gasteiger partial charge in [0.25, 0.3) is 0 Å². The fourth-order valence-electron chi connectivity index (χ4n) is 3.82. The molecule has 1 aromatic carbocycles. The maximum absolute atomic E-state index is 11.4. The van der Waals surface area contributed by atoms with E-state index in [4.69, 9.17) is 0 Å². The summed E-state index contributed by atoms with van der Waals surface area (Å²) in [5.74, 6) is 0.362. The molecule has 0 saturated heterocycles. The van der Waals surface area contributed by atoms with Gasteiger partial charge in [-0.05, 0) is 34.4 Å². The van der Waals surface area contributed by atoms with E-state index in [9.17, 15) is 9.90 Å². The molecule has 108 valence electrons. The quantitative estimate of drug-likeness (QED) is 0.868. The Morgan fingerprint density at radius 3 is 2.45 bits per heavy atom. The van der Waals surface area contributed by atoms with Crippen molar-refractivity contribution in [3.8, 4) is 0 Å². The van der Waals surface area contributed by atoms with E-state index in [2.05, 4.69) is 39.1 Å². The third-order valence-electron chi connectivity index (χ3n) is 5.81. The summed E-state index contributed by atoms with van der Waals surface area (Å²) in [5.41, 5.74) is 3.33. The van der Waals surface area contributed by atoms with Crippen molar-refractivity contribution in [1.29, 1.82) is 0 Å². The topological polar surface area (TPSA) is 49.3 Å². The minimum Gasteiger partial charge on any atom is -0.388 e. The molecule has 3 rings (SSSR count). The van der Waals surface area contributed by atoms with E-state index in [1.54, 1.807) is 0 Å². The van der Waals surface area contributed by atoms with Gasteiger partial charge in [0.2, 0.25) is 5.91 Å². The third-order valence-corrected chi connectivity index (χ3v) is 5.81. The zero-order valence-corrected chi connectivity index (χ0v) is 12.7. The first-order valence-electron chi connectivity index (χ1n) is 7.36. The number of carbonyl (C=O) groups excluding carboxylic acids is 1. The predicted octanol–water partition coefficient (Wildman–Crippen LogP) is 3.29. The molecule has 2 aliphatic rings. The highest BCUT2D eigenvalue weighted by Crippen LogP contribution is 2.72. The molecule has 3 heteroatoms. The normalized spacial score (nSPS) is 24.8. The van der Waals surface area contributed by atoms with Gasteiger partial charge in [-0.15, -0.1) is 0 Å². The lowest BCUT2D eigenvalue weighted by Crippen LogP contribution is -2.19. The lowest BCUT2D eigenvalue weighted by molar-refractivity contribution is -0.116. The second kappa shape index (κ2) is 4.08. The van der Waals surface area contributed by atoms with Gasteiger partial charge in [0, 0.05) is 18.0 Å². The summed E-state index contributed by atoms with van der Waals surface area (Å²) in [4.78, 5) is 11.4. The van der Waals surface area contributed by atoms with E-state index >= 15 is 0 Å². The lowest BCUT2D eigenvalue weighted by Gasteiger charge is -2.20. The maximum atomic E-state index is 11.4. The van der Waals surface area contributed by atoms with Crippen molar-refractivity contribution in [2.75, 3.05) is 5.32 Å². The summed E-state index contributed by atoms with van der Waals surface area (Å²) in [5, 5.41) is 13.6. The summed E-state index contributed by atoms with van der Waals surface area (Å²) in [6, 6.07) is 5.93. The highest BCUT2D eigenvalue weighted by Gasteiger charge is 2.67. The first-order chi connectivity index (χ1) is 9.25. The van der Waals surface area contributed by atoms with Crippen molar-refractivity contribution in [2.45, 2.75) is 46.6 Å². The Labute approximate surface area is 120 Å². The molecule has 1 fully saturated rings. The fourth-order valence-corrected chi connectivity index (χ4v) is 3.82. The first kappa shape index (κ1) is 13.6. The molecule has 1 aromatic rings. The van der Waals surface area contributed by atoms with Crippen LogP contribution < -0.4 is 5.32 Å². The molecule has 20 heavy (non-hydrogen) atoms. The minimum atomic E-state index is -0.428. The van der Waals surface area contributed by atoms with Crippen LogP contribution in [0, 0.1) is 16.7 Å². The van der Waals surface area contributed by atoms with E-state index in [-0.39, 0.29) is 22.7 Å². The van der Waals surface area contributed by atoms with Crippen molar-refractivity contribution in [3.05, 3.63) is 29.3 Å². The van der Waals surface area contributed by atoms with Gasteiger partial charge in [-0.25, -0.2) is 0 Å². The number of fused-ring (bicyclic) bond motifs is 1. The van der Waals surface area contributed by atoms with Gasteiger partial charge < -0.3 is 10.4 Å². The average Bonchev–Trinajstić information content (AvgIpc) is 2.78. The van der Waals surface area contributed by atoms with Gasteiger partial charge in [0.15, 0.2) is 0 Å². The third kappa shape index (κ3) is 1.80. The van der Waals surface area contributed by atoms with E-state index in [1.165, 1.54) is 0 Å². The number of hydrogen-bond donors (Lipinski definition) is 2. The number of aliphatic hydroxyl groups excluding tert-OH is 1. The molecule has 1 aliphatic heterocycles. The van der Waals surface area contributed by atoms with Crippen molar-refractivity contribution in [3.63, 3.8) is 0 Å².